The summed E-state index contributed by atoms with van der Waals surface area (Å²) in [5.41, 5.74) is 0.528. The van der Waals surface area contributed by atoms with Crippen LogP contribution in [0.3, 0.4) is 0 Å². The van der Waals surface area contributed by atoms with Gasteiger partial charge in [0.2, 0.25) is 5.91 Å². The largest absolute Gasteiger partial charge is 0.352 e. The molecule has 3 rings (SSSR count). The molecule has 2 aromatic carbocycles. The molecule has 0 saturated carbocycles. The lowest BCUT2D eigenvalue weighted by atomic mass is 10.1. The van der Waals surface area contributed by atoms with Crippen molar-refractivity contribution in [1.82, 2.24) is 14.9 Å². The van der Waals surface area contributed by atoms with Gasteiger partial charge in [0.15, 0.2) is 5.16 Å². The van der Waals surface area contributed by atoms with E-state index in [4.69, 9.17) is 0 Å². The molecule has 0 aliphatic rings. The van der Waals surface area contributed by atoms with Gasteiger partial charge in [0, 0.05) is 13.6 Å². The highest BCUT2D eigenvalue weighted by molar-refractivity contribution is 8.00. The Morgan fingerprint density at radius 3 is 2.72 bits per heavy atom. The number of benzene rings is 2. The van der Waals surface area contributed by atoms with Crippen LogP contribution in [-0.4, -0.2) is 27.3 Å². The van der Waals surface area contributed by atoms with Gasteiger partial charge in [0.1, 0.15) is 0 Å². The molecular formula is C19H19N3O2S. The predicted molar refractivity (Wildman–Crippen MR) is 103 cm³/mol. The van der Waals surface area contributed by atoms with Gasteiger partial charge in [-0.15, -0.1) is 6.58 Å². The highest BCUT2D eigenvalue weighted by atomic mass is 32.2. The quantitative estimate of drug-likeness (QED) is 0.332. The van der Waals surface area contributed by atoms with Crippen molar-refractivity contribution in [3.05, 3.63) is 59.4 Å². The van der Waals surface area contributed by atoms with Crippen LogP contribution in [0.15, 0.2) is 59.0 Å². The van der Waals surface area contributed by atoms with Crippen LogP contribution in [0.25, 0.3) is 21.7 Å². The fourth-order valence-electron chi connectivity index (χ4n) is 2.57. The van der Waals surface area contributed by atoms with Crippen molar-refractivity contribution in [3.8, 4) is 0 Å². The van der Waals surface area contributed by atoms with E-state index in [2.05, 4.69) is 16.9 Å². The molecule has 0 fully saturated rings. The molecule has 1 heterocycles. The monoisotopic (exact) mass is 353 g/mol. The van der Waals surface area contributed by atoms with Crippen LogP contribution in [0, 0.1) is 0 Å². The Kier molecular flexibility index (Phi) is 4.90. The Hall–Kier alpha value is -2.60. The normalized spacial score (nSPS) is 12.2. The lowest BCUT2D eigenvalue weighted by Gasteiger charge is -2.13. The fourth-order valence-corrected chi connectivity index (χ4v) is 3.47. The van der Waals surface area contributed by atoms with E-state index >= 15 is 0 Å². The molecular weight excluding hydrogens is 334 g/mol. The van der Waals surface area contributed by atoms with Crippen molar-refractivity contribution in [1.29, 1.82) is 0 Å². The summed E-state index contributed by atoms with van der Waals surface area (Å²) in [5.74, 6) is -0.113. The van der Waals surface area contributed by atoms with E-state index in [0.717, 1.165) is 10.8 Å². The van der Waals surface area contributed by atoms with E-state index < -0.39 is 0 Å². The first kappa shape index (κ1) is 17.2. The summed E-state index contributed by atoms with van der Waals surface area (Å²) in [6, 6.07) is 11.7. The van der Waals surface area contributed by atoms with Crippen molar-refractivity contribution >= 4 is 39.3 Å². The van der Waals surface area contributed by atoms with Crippen molar-refractivity contribution < 1.29 is 4.79 Å². The molecule has 1 atom stereocenters. The molecule has 1 amide bonds. The maximum atomic E-state index is 12.7. The number of carbonyl (C=O) groups excluding carboxylic acids is 1. The summed E-state index contributed by atoms with van der Waals surface area (Å²) >= 11 is 1.27. The number of rotatable bonds is 5. The van der Waals surface area contributed by atoms with Crippen molar-refractivity contribution in [2.24, 2.45) is 7.05 Å². The van der Waals surface area contributed by atoms with Gasteiger partial charge in [-0.25, -0.2) is 4.98 Å². The molecule has 0 aliphatic heterocycles. The number of amides is 1. The van der Waals surface area contributed by atoms with E-state index in [1.807, 2.05) is 36.4 Å². The lowest BCUT2D eigenvalue weighted by Crippen LogP contribution is -2.31. The lowest BCUT2D eigenvalue weighted by molar-refractivity contribution is -0.120. The van der Waals surface area contributed by atoms with Gasteiger partial charge in [-0.1, -0.05) is 42.1 Å². The molecule has 1 N–H and O–H groups in total. The molecule has 3 aromatic rings. The number of hydrogen-bond donors (Lipinski definition) is 1. The minimum Gasteiger partial charge on any atom is -0.352 e. The van der Waals surface area contributed by atoms with Crippen LogP contribution in [0.5, 0.6) is 0 Å². The molecule has 5 nitrogen and oxygen atoms in total. The summed E-state index contributed by atoms with van der Waals surface area (Å²) in [6.07, 6.45) is 1.63. The van der Waals surface area contributed by atoms with Gasteiger partial charge in [-0.3, -0.25) is 14.2 Å². The number of fused-ring (bicyclic) bond motifs is 2. The standard InChI is InChI=1S/C19H19N3O2S/c1-4-9-20-17(23)12(2)25-19-21-16-11-14-8-6-5-7-13(14)10-15(16)18(24)22(19)3/h4-8,10-12H,1,9H2,2-3H3,(H,20,23)/t12-/m0/s1. The number of nitrogens with one attached hydrogen (secondary N) is 1. The molecule has 0 spiro atoms. The summed E-state index contributed by atoms with van der Waals surface area (Å²) in [7, 11) is 1.68. The number of aromatic nitrogens is 2. The third-order valence-corrected chi connectivity index (χ3v) is 5.12. The van der Waals surface area contributed by atoms with Crippen LogP contribution in [0.2, 0.25) is 0 Å². The Morgan fingerprint density at radius 1 is 1.36 bits per heavy atom. The molecule has 0 bridgehead atoms. The van der Waals surface area contributed by atoms with Crippen molar-refractivity contribution in [2.45, 2.75) is 17.3 Å². The zero-order chi connectivity index (χ0) is 18.0. The Labute approximate surface area is 149 Å². The summed E-state index contributed by atoms with van der Waals surface area (Å²) < 4.78 is 1.50. The number of thioether (sulfide) groups is 1. The van der Waals surface area contributed by atoms with Gasteiger partial charge >= 0.3 is 0 Å². The van der Waals surface area contributed by atoms with Crippen LogP contribution < -0.4 is 10.9 Å². The van der Waals surface area contributed by atoms with Crippen LogP contribution in [0.4, 0.5) is 0 Å². The van der Waals surface area contributed by atoms with Gasteiger partial charge < -0.3 is 5.32 Å². The third kappa shape index (κ3) is 3.44. The van der Waals surface area contributed by atoms with Gasteiger partial charge in [0.25, 0.3) is 5.56 Å². The average molecular weight is 353 g/mol. The van der Waals surface area contributed by atoms with E-state index in [0.29, 0.717) is 22.6 Å². The summed E-state index contributed by atoms with van der Waals surface area (Å²) in [5, 5.41) is 5.53. The highest BCUT2D eigenvalue weighted by Gasteiger charge is 2.18. The van der Waals surface area contributed by atoms with E-state index in [1.165, 1.54) is 16.3 Å². The second-order valence-electron chi connectivity index (χ2n) is 5.77. The van der Waals surface area contributed by atoms with Gasteiger partial charge in [-0.05, 0) is 29.8 Å². The molecule has 0 saturated heterocycles. The predicted octanol–water partition coefficient (Wildman–Crippen LogP) is 2.87. The fraction of sp³-hybridized carbons (Fsp3) is 0.211. The smallest absolute Gasteiger partial charge is 0.261 e. The van der Waals surface area contributed by atoms with Crippen LogP contribution in [-0.2, 0) is 11.8 Å². The molecule has 0 unspecified atom stereocenters. The molecule has 6 heteroatoms. The van der Waals surface area contributed by atoms with Gasteiger partial charge in [-0.2, -0.15) is 0 Å². The minimum atomic E-state index is -0.365. The summed E-state index contributed by atoms with van der Waals surface area (Å²) in [6.45, 7) is 5.79. The first-order valence-corrected chi connectivity index (χ1v) is 8.84. The Morgan fingerprint density at radius 2 is 2.04 bits per heavy atom. The molecule has 0 radical (unpaired) electrons. The molecule has 25 heavy (non-hydrogen) atoms. The average Bonchev–Trinajstić information content (AvgIpc) is 2.62. The minimum absolute atomic E-state index is 0.113. The first-order chi connectivity index (χ1) is 12.0. The molecule has 128 valence electrons. The SMILES string of the molecule is C=CCNC(=O)[C@H](C)Sc1nc2cc3ccccc3cc2c(=O)n1C. The van der Waals surface area contributed by atoms with E-state index in [-0.39, 0.29) is 16.7 Å². The van der Waals surface area contributed by atoms with Gasteiger partial charge in [0.05, 0.1) is 16.2 Å². The van der Waals surface area contributed by atoms with E-state index in [1.54, 1.807) is 20.0 Å². The third-order valence-electron chi connectivity index (χ3n) is 3.97. The van der Waals surface area contributed by atoms with Crippen LogP contribution >= 0.6 is 11.8 Å². The zero-order valence-electron chi connectivity index (χ0n) is 14.2. The zero-order valence-corrected chi connectivity index (χ0v) is 15.0. The summed E-state index contributed by atoms with van der Waals surface area (Å²) in [4.78, 5) is 29.4. The second kappa shape index (κ2) is 7.11. The maximum absolute atomic E-state index is 12.7. The number of hydrogen-bond acceptors (Lipinski definition) is 4. The number of carbonyl (C=O) groups is 1. The Bertz CT molecular complexity index is 1030. The topological polar surface area (TPSA) is 64.0 Å². The first-order valence-electron chi connectivity index (χ1n) is 7.96. The second-order valence-corrected chi connectivity index (χ2v) is 7.08. The molecule has 0 aliphatic carbocycles. The number of nitrogens with zero attached hydrogens (tertiary/aromatic N) is 2. The highest BCUT2D eigenvalue weighted by Crippen LogP contribution is 2.24. The van der Waals surface area contributed by atoms with Crippen molar-refractivity contribution in [2.75, 3.05) is 6.54 Å². The van der Waals surface area contributed by atoms with Crippen molar-refractivity contribution in [3.63, 3.8) is 0 Å². The maximum Gasteiger partial charge on any atom is 0.261 e. The molecule has 1 aromatic heterocycles. The van der Waals surface area contributed by atoms with E-state index in [9.17, 15) is 9.59 Å². The Balaban J connectivity index is 2.03. The van der Waals surface area contributed by atoms with Crippen LogP contribution in [0.1, 0.15) is 6.92 Å².